The first-order valence-corrected chi connectivity index (χ1v) is 11.2. The third-order valence-electron chi connectivity index (χ3n) is 5.14. The zero-order valence-electron chi connectivity index (χ0n) is 16.9. The Labute approximate surface area is 157 Å². The summed E-state index contributed by atoms with van der Waals surface area (Å²) in [4.78, 5) is 3.21. The number of hydrogen-bond acceptors (Lipinski definition) is 0. The van der Waals surface area contributed by atoms with Gasteiger partial charge in [-0.15, -0.1) is 0 Å². The first-order chi connectivity index (χ1) is 12.4. The number of allylic oxidation sites excluding steroid dienone is 1. The van der Waals surface area contributed by atoms with Crippen LogP contribution in [-0.4, -0.2) is 4.98 Å². The normalized spacial score (nSPS) is 11.6. The van der Waals surface area contributed by atoms with E-state index in [1.807, 2.05) is 12.3 Å². The van der Waals surface area contributed by atoms with Crippen LogP contribution in [0.4, 0.5) is 0 Å². The Morgan fingerprint density at radius 1 is 0.680 bits per heavy atom. The fraction of sp³-hybridized carbons (Fsp3) is 0.750. The summed E-state index contributed by atoms with van der Waals surface area (Å²) in [6.45, 7) is 2.30. The predicted octanol–water partition coefficient (Wildman–Crippen LogP) is 8.68. The first kappa shape index (κ1) is 22.1. The lowest BCUT2D eigenvalue weighted by atomic mass is 10.0. The number of aromatic amines is 1. The quantitative estimate of drug-likeness (QED) is 0.256. The molecule has 0 atom stereocenters. The van der Waals surface area contributed by atoms with Crippen LogP contribution in [0, 0.1) is 0 Å². The Morgan fingerprint density at radius 2 is 1.16 bits per heavy atom. The van der Waals surface area contributed by atoms with Crippen molar-refractivity contribution in [1.82, 2.24) is 4.98 Å². The molecule has 0 spiro atoms. The fourth-order valence-electron chi connectivity index (χ4n) is 3.47. The van der Waals surface area contributed by atoms with E-state index in [0.717, 1.165) is 0 Å². The summed E-state index contributed by atoms with van der Waals surface area (Å²) in [6.07, 6.45) is 30.8. The summed E-state index contributed by atoms with van der Waals surface area (Å²) in [5, 5.41) is 0. The van der Waals surface area contributed by atoms with Crippen LogP contribution in [0.25, 0.3) is 6.08 Å². The van der Waals surface area contributed by atoms with Gasteiger partial charge in [-0.25, -0.2) is 0 Å². The minimum Gasteiger partial charge on any atom is -0.362 e. The summed E-state index contributed by atoms with van der Waals surface area (Å²) in [7, 11) is 0. The van der Waals surface area contributed by atoms with E-state index in [0.29, 0.717) is 0 Å². The molecule has 144 valence electrons. The molecule has 0 fully saturated rings. The first-order valence-electron chi connectivity index (χ1n) is 11.2. The van der Waals surface area contributed by atoms with E-state index in [4.69, 9.17) is 0 Å². The second-order valence-corrected chi connectivity index (χ2v) is 7.62. The van der Waals surface area contributed by atoms with Gasteiger partial charge >= 0.3 is 0 Å². The second kappa shape index (κ2) is 17.8. The number of hydrogen-bond donors (Lipinski definition) is 1. The average Bonchev–Trinajstić information content (AvgIpc) is 3.14. The lowest BCUT2D eigenvalue weighted by Gasteiger charge is -2.03. The van der Waals surface area contributed by atoms with Gasteiger partial charge < -0.3 is 4.98 Å². The second-order valence-electron chi connectivity index (χ2n) is 7.62. The van der Waals surface area contributed by atoms with Gasteiger partial charge in [-0.1, -0.05) is 109 Å². The molecule has 0 saturated carbocycles. The molecular formula is C24H43N. The maximum absolute atomic E-state index is 3.21. The molecule has 1 N–H and O–H groups in total. The van der Waals surface area contributed by atoms with Crippen molar-refractivity contribution in [3.05, 3.63) is 30.1 Å². The molecule has 0 aromatic carbocycles. The lowest BCUT2D eigenvalue weighted by Crippen LogP contribution is -1.83. The molecule has 1 rings (SSSR count). The van der Waals surface area contributed by atoms with Gasteiger partial charge in [0.25, 0.3) is 0 Å². The Balaban J connectivity index is 1.69. The number of nitrogens with one attached hydrogen (secondary N) is 1. The molecular weight excluding hydrogens is 302 g/mol. The van der Waals surface area contributed by atoms with E-state index in [2.05, 4.69) is 30.1 Å². The van der Waals surface area contributed by atoms with E-state index in [-0.39, 0.29) is 0 Å². The van der Waals surface area contributed by atoms with Gasteiger partial charge in [0.05, 0.1) is 0 Å². The van der Waals surface area contributed by atoms with E-state index < -0.39 is 0 Å². The van der Waals surface area contributed by atoms with Crippen molar-refractivity contribution in [2.24, 2.45) is 0 Å². The molecule has 0 unspecified atom stereocenters. The van der Waals surface area contributed by atoms with Crippen molar-refractivity contribution < 1.29 is 0 Å². The molecule has 1 nitrogen and oxygen atoms in total. The summed E-state index contributed by atoms with van der Waals surface area (Å²) >= 11 is 0. The van der Waals surface area contributed by atoms with Gasteiger partial charge in [-0.3, -0.25) is 0 Å². The van der Waals surface area contributed by atoms with Gasteiger partial charge in [-0.05, 0) is 31.1 Å². The Kier molecular flexibility index (Phi) is 15.7. The van der Waals surface area contributed by atoms with Gasteiger partial charge in [0.2, 0.25) is 0 Å². The molecule has 1 aromatic heterocycles. The third-order valence-corrected chi connectivity index (χ3v) is 5.14. The van der Waals surface area contributed by atoms with Crippen LogP contribution in [0.2, 0.25) is 0 Å². The van der Waals surface area contributed by atoms with Gasteiger partial charge in [-0.2, -0.15) is 0 Å². The average molecular weight is 346 g/mol. The Bertz CT molecular complexity index is 377. The topological polar surface area (TPSA) is 15.8 Å². The zero-order valence-corrected chi connectivity index (χ0v) is 16.9. The number of unbranched alkanes of at least 4 members (excludes halogenated alkanes) is 16. The molecule has 0 radical (unpaired) electrons. The Hall–Kier alpha value is -0.980. The van der Waals surface area contributed by atoms with Gasteiger partial charge in [0.15, 0.2) is 0 Å². The molecule has 0 saturated heterocycles. The number of H-pyrrole nitrogens is 1. The molecule has 25 heavy (non-hydrogen) atoms. The van der Waals surface area contributed by atoms with Crippen LogP contribution >= 0.6 is 0 Å². The van der Waals surface area contributed by atoms with Crippen molar-refractivity contribution in [2.45, 2.75) is 116 Å². The van der Waals surface area contributed by atoms with Crippen LogP contribution in [0.1, 0.15) is 122 Å². The van der Waals surface area contributed by atoms with Crippen LogP contribution in [0.5, 0.6) is 0 Å². The minimum atomic E-state index is 1.22. The largest absolute Gasteiger partial charge is 0.362 e. The summed E-state index contributed by atoms with van der Waals surface area (Å²) in [5.74, 6) is 0. The highest BCUT2D eigenvalue weighted by Gasteiger charge is 1.94. The van der Waals surface area contributed by atoms with Crippen molar-refractivity contribution in [3.63, 3.8) is 0 Å². The maximum Gasteiger partial charge on any atom is 0.0377 e. The summed E-state index contributed by atoms with van der Waals surface area (Å²) in [5.41, 5.74) is 1.22. The van der Waals surface area contributed by atoms with E-state index >= 15 is 0 Å². The van der Waals surface area contributed by atoms with Gasteiger partial charge in [0, 0.05) is 11.9 Å². The van der Waals surface area contributed by atoms with Crippen molar-refractivity contribution in [1.29, 1.82) is 0 Å². The van der Waals surface area contributed by atoms with Gasteiger partial charge in [0.1, 0.15) is 0 Å². The zero-order chi connectivity index (χ0) is 17.8. The van der Waals surface area contributed by atoms with Crippen LogP contribution in [0.3, 0.4) is 0 Å². The Morgan fingerprint density at radius 3 is 1.60 bits per heavy atom. The highest BCUT2D eigenvalue weighted by atomic mass is 14.7. The van der Waals surface area contributed by atoms with E-state index in [1.165, 1.54) is 115 Å². The minimum absolute atomic E-state index is 1.22. The lowest BCUT2D eigenvalue weighted by molar-refractivity contribution is 0.530. The molecule has 1 aromatic rings. The predicted molar refractivity (Wildman–Crippen MR) is 114 cm³/mol. The molecule has 0 aliphatic rings. The van der Waals surface area contributed by atoms with Crippen LogP contribution in [-0.2, 0) is 0 Å². The smallest absolute Gasteiger partial charge is 0.0377 e. The SMILES string of the molecule is CCCCCCCCCCCCCCCCCC/C=C/c1ccc[nH]1. The van der Waals surface area contributed by atoms with Crippen molar-refractivity contribution >= 4 is 6.08 Å². The van der Waals surface area contributed by atoms with E-state index in [1.54, 1.807) is 0 Å². The summed E-state index contributed by atoms with van der Waals surface area (Å²) in [6, 6.07) is 4.17. The molecule has 0 aliphatic carbocycles. The summed E-state index contributed by atoms with van der Waals surface area (Å²) < 4.78 is 0. The molecule has 1 heteroatoms. The molecule has 0 amide bonds. The van der Waals surface area contributed by atoms with Crippen LogP contribution in [0.15, 0.2) is 24.4 Å². The maximum atomic E-state index is 3.21. The molecule has 0 bridgehead atoms. The van der Waals surface area contributed by atoms with Crippen molar-refractivity contribution in [3.8, 4) is 0 Å². The van der Waals surface area contributed by atoms with Crippen LogP contribution < -0.4 is 0 Å². The number of aromatic nitrogens is 1. The third kappa shape index (κ3) is 15.0. The monoisotopic (exact) mass is 345 g/mol. The number of rotatable bonds is 18. The highest BCUT2D eigenvalue weighted by molar-refractivity contribution is 5.43. The molecule has 0 aliphatic heterocycles. The standard InChI is InChI=1S/C24H43N/c1-2-3-4-5-6-7-8-9-10-11-12-13-14-15-16-17-18-19-21-24-22-20-23-25-24/h19-23,25H,2-18H2,1H3/b21-19+. The molecule has 1 heterocycles. The highest BCUT2D eigenvalue weighted by Crippen LogP contribution is 2.14. The fourth-order valence-corrected chi connectivity index (χ4v) is 3.47. The van der Waals surface area contributed by atoms with E-state index in [9.17, 15) is 0 Å². The van der Waals surface area contributed by atoms with Crippen molar-refractivity contribution in [2.75, 3.05) is 0 Å².